The highest BCUT2D eigenvalue weighted by Gasteiger charge is 2.16. The lowest BCUT2D eigenvalue weighted by Crippen LogP contribution is -1.98. The molecule has 66 valence electrons. The number of methoxy groups -OCH3 is 1. The summed E-state index contributed by atoms with van der Waals surface area (Å²) >= 11 is 0. The first-order valence-corrected chi connectivity index (χ1v) is 3.26. The standard InChI is InChI=1S/C8H7F3O/c1-4-3-5(9)7(11)8(12-2)6(4)10/h3H,1-2H3. The van der Waals surface area contributed by atoms with Gasteiger partial charge in [-0.1, -0.05) is 0 Å². The van der Waals surface area contributed by atoms with Crippen molar-refractivity contribution in [2.24, 2.45) is 0 Å². The molecule has 0 heterocycles. The molecule has 0 N–H and O–H groups in total. The average molecular weight is 176 g/mol. The molecule has 0 radical (unpaired) electrons. The molecule has 0 fully saturated rings. The van der Waals surface area contributed by atoms with Crippen molar-refractivity contribution in [2.45, 2.75) is 6.92 Å². The quantitative estimate of drug-likeness (QED) is 0.597. The number of halogens is 3. The maximum Gasteiger partial charge on any atom is 0.203 e. The van der Waals surface area contributed by atoms with Crippen molar-refractivity contribution in [1.82, 2.24) is 0 Å². The molecule has 4 heteroatoms. The molecule has 0 atom stereocenters. The van der Waals surface area contributed by atoms with Crippen LogP contribution < -0.4 is 4.74 Å². The summed E-state index contributed by atoms with van der Waals surface area (Å²) in [6, 6.07) is 0.785. The van der Waals surface area contributed by atoms with E-state index in [-0.39, 0.29) is 5.56 Å². The van der Waals surface area contributed by atoms with E-state index in [2.05, 4.69) is 4.74 Å². The molecular formula is C8H7F3O. The van der Waals surface area contributed by atoms with Gasteiger partial charge in [0.05, 0.1) is 7.11 Å². The molecule has 0 aliphatic heterocycles. The molecule has 0 saturated carbocycles. The van der Waals surface area contributed by atoms with Gasteiger partial charge < -0.3 is 4.74 Å². The number of rotatable bonds is 1. The second kappa shape index (κ2) is 3.05. The Bertz CT molecular complexity index is 283. The lowest BCUT2D eigenvalue weighted by Gasteiger charge is -2.05. The predicted octanol–water partition coefficient (Wildman–Crippen LogP) is 2.42. The van der Waals surface area contributed by atoms with Crippen LogP contribution in [0.25, 0.3) is 0 Å². The molecule has 1 nitrogen and oxygen atoms in total. The molecule has 0 aliphatic carbocycles. The summed E-state index contributed by atoms with van der Waals surface area (Å²) < 4.78 is 42.5. The van der Waals surface area contributed by atoms with E-state index in [1.54, 1.807) is 0 Å². The summed E-state index contributed by atoms with van der Waals surface area (Å²) in [4.78, 5) is 0. The van der Waals surface area contributed by atoms with Crippen LogP contribution in [-0.2, 0) is 0 Å². The largest absolute Gasteiger partial charge is 0.491 e. The zero-order valence-electron chi connectivity index (χ0n) is 6.62. The second-order valence-electron chi connectivity index (χ2n) is 2.34. The molecule has 1 aromatic carbocycles. The topological polar surface area (TPSA) is 9.23 Å². The van der Waals surface area contributed by atoms with Crippen molar-refractivity contribution in [3.8, 4) is 5.75 Å². The van der Waals surface area contributed by atoms with E-state index in [0.717, 1.165) is 13.2 Å². The maximum atomic E-state index is 12.9. The van der Waals surface area contributed by atoms with Gasteiger partial charge in [0.2, 0.25) is 5.82 Å². The fourth-order valence-corrected chi connectivity index (χ4v) is 0.880. The molecule has 0 amide bonds. The van der Waals surface area contributed by atoms with E-state index in [4.69, 9.17) is 0 Å². The highest BCUT2D eigenvalue weighted by atomic mass is 19.2. The van der Waals surface area contributed by atoms with Gasteiger partial charge in [0.25, 0.3) is 0 Å². The summed E-state index contributed by atoms with van der Waals surface area (Å²) in [5, 5.41) is 0. The summed E-state index contributed by atoms with van der Waals surface area (Å²) in [6.07, 6.45) is 0. The van der Waals surface area contributed by atoms with E-state index in [0.29, 0.717) is 0 Å². The third-order valence-electron chi connectivity index (χ3n) is 1.50. The van der Waals surface area contributed by atoms with Gasteiger partial charge >= 0.3 is 0 Å². The number of hydrogen-bond donors (Lipinski definition) is 0. The van der Waals surface area contributed by atoms with Gasteiger partial charge in [-0.3, -0.25) is 0 Å². The first kappa shape index (κ1) is 8.90. The van der Waals surface area contributed by atoms with Crippen LogP contribution in [0.2, 0.25) is 0 Å². The molecule has 0 aliphatic rings. The van der Waals surface area contributed by atoms with E-state index < -0.39 is 23.2 Å². The monoisotopic (exact) mass is 176 g/mol. The number of aryl methyl sites for hydroxylation is 1. The summed E-state index contributed by atoms with van der Waals surface area (Å²) in [6.45, 7) is 1.33. The minimum atomic E-state index is -1.29. The number of benzene rings is 1. The first-order chi connectivity index (χ1) is 5.57. The SMILES string of the molecule is COc1c(F)c(C)cc(F)c1F. The summed E-state index contributed by atoms with van der Waals surface area (Å²) in [5.74, 6) is -3.93. The van der Waals surface area contributed by atoms with Gasteiger partial charge in [0, 0.05) is 0 Å². The van der Waals surface area contributed by atoms with Crippen molar-refractivity contribution in [3.05, 3.63) is 29.1 Å². The van der Waals surface area contributed by atoms with E-state index in [1.807, 2.05) is 0 Å². The molecular weight excluding hydrogens is 169 g/mol. The Morgan fingerprint density at radius 2 is 1.75 bits per heavy atom. The van der Waals surface area contributed by atoms with Crippen LogP contribution in [0.5, 0.6) is 5.75 Å². The average Bonchev–Trinajstić information content (AvgIpc) is 2.02. The van der Waals surface area contributed by atoms with E-state index in [1.165, 1.54) is 6.92 Å². The summed E-state index contributed by atoms with van der Waals surface area (Å²) in [5.41, 5.74) is 0.0192. The van der Waals surface area contributed by atoms with Gasteiger partial charge in [0.15, 0.2) is 17.4 Å². The van der Waals surface area contributed by atoms with Crippen LogP contribution in [0.1, 0.15) is 5.56 Å². The minimum absolute atomic E-state index is 0.0192. The van der Waals surface area contributed by atoms with Gasteiger partial charge in [0.1, 0.15) is 0 Å². The van der Waals surface area contributed by atoms with Crippen LogP contribution in [-0.4, -0.2) is 7.11 Å². The predicted molar refractivity (Wildman–Crippen MR) is 37.6 cm³/mol. The second-order valence-corrected chi connectivity index (χ2v) is 2.34. The van der Waals surface area contributed by atoms with Gasteiger partial charge in [-0.15, -0.1) is 0 Å². The maximum absolute atomic E-state index is 12.9. The third kappa shape index (κ3) is 1.24. The van der Waals surface area contributed by atoms with Crippen molar-refractivity contribution >= 4 is 0 Å². The van der Waals surface area contributed by atoms with E-state index >= 15 is 0 Å². The molecule has 1 rings (SSSR count). The molecule has 0 unspecified atom stereocenters. The highest BCUT2D eigenvalue weighted by Crippen LogP contribution is 2.25. The Balaban J connectivity index is 3.42. The molecule has 0 aromatic heterocycles. The number of ether oxygens (including phenoxy) is 1. The van der Waals surface area contributed by atoms with Gasteiger partial charge in [-0.25, -0.2) is 8.78 Å². The lowest BCUT2D eigenvalue weighted by molar-refractivity contribution is 0.345. The molecule has 0 spiro atoms. The Morgan fingerprint density at radius 3 is 2.25 bits per heavy atom. The Morgan fingerprint density at radius 1 is 1.17 bits per heavy atom. The highest BCUT2D eigenvalue weighted by molar-refractivity contribution is 5.32. The zero-order valence-corrected chi connectivity index (χ0v) is 6.62. The van der Waals surface area contributed by atoms with Gasteiger partial charge in [-0.05, 0) is 18.6 Å². The van der Waals surface area contributed by atoms with Crippen molar-refractivity contribution in [1.29, 1.82) is 0 Å². The van der Waals surface area contributed by atoms with Crippen LogP contribution in [0.4, 0.5) is 13.2 Å². The van der Waals surface area contributed by atoms with Crippen LogP contribution in [0.3, 0.4) is 0 Å². The van der Waals surface area contributed by atoms with Crippen molar-refractivity contribution in [3.63, 3.8) is 0 Å². The normalized spacial score (nSPS) is 10.1. The smallest absolute Gasteiger partial charge is 0.203 e. The summed E-state index contributed by atoms with van der Waals surface area (Å²) in [7, 11) is 1.08. The Labute approximate surface area is 67.8 Å². The van der Waals surface area contributed by atoms with E-state index in [9.17, 15) is 13.2 Å². The minimum Gasteiger partial charge on any atom is -0.491 e. The van der Waals surface area contributed by atoms with Crippen molar-refractivity contribution in [2.75, 3.05) is 7.11 Å². The molecule has 12 heavy (non-hydrogen) atoms. The fraction of sp³-hybridized carbons (Fsp3) is 0.250. The van der Waals surface area contributed by atoms with Crippen LogP contribution in [0.15, 0.2) is 6.07 Å². The van der Waals surface area contributed by atoms with Crippen LogP contribution in [0, 0.1) is 24.4 Å². The molecule has 0 bridgehead atoms. The zero-order chi connectivity index (χ0) is 9.30. The van der Waals surface area contributed by atoms with Crippen molar-refractivity contribution < 1.29 is 17.9 Å². The Hall–Kier alpha value is -1.19. The van der Waals surface area contributed by atoms with Gasteiger partial charge in [-0.2, -0.15) is 4.39 Å². The molecule has 1 aromatic rings. The fourth-order valence-electron chi connectivity index (χ4n) is 0.880. The number of hydrogen-bond acceptors (Lipinski definition) is 1. The third-order valence-corrected chi connectivity index (χ3v) is 1.50. The van der Waals surface area contributed by atoms with Crippen LogP contribution >= 0.6 is 0 Å². The lowest BCUT2D eigenvalue weighted by atomic mass is 10.2. The molecule has 0 saturated heterocycles. The Kier molecular flexibility index (Phi) is 2.26. The first-order valence-electron chi connectivity index (χ1n) is 3.26.